The SMILES string of the molecule is CCC(C)CCCCCCCCCCC(=O)O[C@H](COC(=O)CCCCCCCCC(C)CC)COP(=O)(O)OC[C@H](O)COP(=O)(O)OC[C@@H](COC(=O)CCCCCCCCC(C)CC)OC(=O)CCCCCCCCCCCCCCCCCCC(C)C. The van der Waals surface area contributed by atoms with Gasteiger partial charge >= 0.3 is 39.5 Å². The lowest BCUT2D eigenvalue weighted by Crippen LogP contribution is -2.30. The molecule has 5 unspecified atom stereocenters. The molecule has 0 aliphatic carbocycles. The van der Waals surface area contributed by atoms with Gasteiger partial charge in [-0.25, -0.2) is 9.13 Å². The van der Waals surface area contributed by atoms with Gasteiger partial charge < -0.3 is 33.8 Å². The molecule has 0 saturated carbocycles. The lowest BCUT2D eigenvalue weighted by molar-refractivity contribution is -0.161. The van der Waals surface area contributed by atoms with Gasteiger partial charge in [-0.1, -0.05) is 306 Å². The van der Waals surface area contributed by atoms with Crippen LogP contribution >= 0.6 is 15.6 Å². The number of esters is 4. The number of aliphatic hydroxyl groups excluding tert-OH is 1. The van der Waals surface area contributed by atoms with Gasteiger partial charge in [0.2, 0.25) is 0 Å². The Balaban J connectivity index is 5.22. The summed E-state index contributed by atoms with van der Waals surface area (Å²) in [5.41, 5.74) is 0. The molecule has 0 aliphatic rings. The molecule has 0 aromatic heterocycles. The minimum absolute atomic E-state index is 0.104. The second-order valence-corrected chi connectivity index (χ2v) is 30.1. The minimum Gasteiger partial charge on any atom is -0.462 e. The molecule has 0 rings (SSSR count). The molecule has 0 heterocycles. The van der Waals surface area contributed by atoms with E-state index in [1.165, 1.54) is 148 Å². The van der Waals surface area contributed by atoms with Crippen molar-refractivity contribution in [2.24, 2.45) is 23.7 Å². The van der Waals surface area contributed by atoms with Crippen molar-refractivity contribution in [2.45, 2.75) is 375 Å². The maximum atomic E-state index is 13.0. The zero-order valence-corrected chi connectivity index (χ0v) is 61.3. The van der Waals surface area contributed by atoms with Crippen molar-refractivity contribution in [3.63, 3.8) is 0 Å². The number of phosphoric ester groups is 2. The van der Waals surface area contributed by atoms with Crippen LogP contribution in [0.25, 0.3) is 0 Å². The summed E-state index contributed by atoms with van der Waals surface area (Å²) in [6.07, 6.45) is 44.5. The first-order valence-electron chi connectivity index (χ1n) is 37.3. The van der Waals surface area contributed by atoms with Gasteiger partial charge in [-0.2, -0.15) is 0 Å². The third-order valence-corrected chi connectivity index (χ3v) is 19.6. The monoisotopic (exact) mass is 1340 g/mol. The Morgan fingerprint density at radius 1 is 0.308 bits per heavy atom. The van der Waals surface area contributed by atoms with E-state index in [9.17, 15) is 43.2 Å². The number of hydrogen-bond donors (Lipinski definition) is 3. The van der Waals surface area contributed by atoms with E-state index >= 15 is 0 Å². The average molecular weight is 1340 g/mol. The summed E-state index contributed by atoms with van der Waals surface area (Å²) in [4.78, 5) is 72.6. The van der Waals surface area contributed by atoms with E-state index in [1.54, 1.807) is 0 Å². The summed E-state index contributed by atoms with van der Waals surface area (Å²) in [6, 6.07) is 0. The van der Waals surface area contributed by atoms with E-state index in [0.717, 1.165) is 126 Å². The highest BCUT2D eigenvalue weighted by Gasteiger charge is 2.30. The fourth-order valence-corrected chi connectivity index (χ4v) is 12.3. The topological polar surface area (TPSA) is 237 Å². The quantitative estimate of drug-likeness (QED) is 0.0222. The number of ether oxygens (including phenoxy) is 4. The summed E-state index contributed by atoms with van der Waals surface area (Å²) < 4.78 is 68.3. The Morgan fingerprint density at radius 2 is 0.527 bits per heavy atom. The van der Waals surface area contributed by atoms with Crippen LogP contribution in [0.1, 0.15) is 357 Å². The van der Waals surface area contributed by atoms with E-state index < -0.39 is 97.5 Å². The van der Waals surface area contributed by atoms with Gasteiger partial charge in [-0.3, -0.25) is 37.3 Å². The van der Waals surface area contributed by atoms with E-state index in [-0.39, 0.29) is 25.7 Å². The second-order valence-electron chi connectivity index (χ2n) is 27.2. The van der Waals surface area contributed by atoms with Crippen molar-refractivity contribution < 1.29 is 80.2 Å². The lowest BCUT2D eigenvalue weighted by Gasteiger charge is -2.21. The summed E-state index contributed by atoms with van der Waals surface area (Å²) >= 11 is 0. The van der Waals surface area contributed by atoms with E-state index in [0.29, 0.717) is 25.7 Å². The van der Waals surface area contributed by atoms with E-state index in [2.05, 4.69) is 55.4 Å². The molecule has 0 amide bonds. The van der Waals surface area contributed by atoms with Crippen molar-refractivity contribution in [1.82, 2.24) is 0 Å². The van der Waals surface area contributed by atoms with Gasteiger partial charge in [0.1, 0.15) is 19.3 Å². The highest BCUT2D eigenvalue weighted by molar-refractivity contribution is 7.47. The Bertz CT molecular complexity index is 1800. The van der Waals surface area contributed by atoms with Crippen molar-refractivity contribution >= 4 is 39.5 Å². The third-order valence-electron chi connectivity index (χ3n) is 17.7. The summed E-state index contributed by atoms with van der Waals surface area (Å²) in [7, 11) is -9.91. The molecule has 0 radical (unpaired) electrons. The molecule has 91 heavy (non-hydrogen) atoms. The molecule has 8 atom stereocenters. The number of rotatable bonds is 69. The van der Waals surface area contributed by atoms with Crippen molar-refractivity contribution in [3.8, 4) is 0 Å². The summed E-state index contributed by atoms with van der Waals surface area (Å²) in [5, 5.41) is 10.6. The molecule has 0 fully saturated rings. The number of unbranched alkanes of at least 4 members (excludes halogenated alkanes) is 32. The Hall–Kier alpha value is -1.94. The first-order valence-corrected chi connectivity index (χ1v) is 40.3. The molecule has 0 aromatic carbocycles. The molecule has 540 valence electrons. The van der Waals surface area contributed by atoms with E-state index in [4.69, 9.17) is 37.0 Å². The maximum absolute atomic E-state index is 13.0. The third kappa shape index (κ3) is 62.6. The van der Waals surface area contributed by atoms with Crippen LogP contribution in [-0.4, -0.2) is 96.7 Å². The first-order chi connectivity index (χ1) is 43.7. The highest BCUT2D eigenvalue weighted by atomic mass is 31.2. The van der Waals surface area contributed by atoms with Crippen LogP contribution in [-0.2, 0) is 65.4 Å². The number of carbonyl (C=O) groups is 4. The Morgan fingerprint density at radius 3 is 0.780 bits per heavy atom. The fraction of sp³-hybridized carbons (Fsp3) is 0.944. The smallest absolute Gasteiger partial charge is 0.462 e. The predicted octanol–water partition coefficient (Wildman–Crippen LogP) is 20.5. The molecule has 0 bridgehead atoms. The standard InChI is InChI=1S/C72H140O17P2/c1-9-63(6)49-41-33-25-22-23-27-39-47-55-72(77)89-68(59-83-70(75)53-45-37-31-29-35-43-51-65(8)11-3)61-87-91(80,81)85-57-66(73)56-84-90(78,79)86-60-67(58-82-69(74)52-44-36-30-28-34-42-50-64(7)10-2)88-71(76)54-46-38-26-21-19-17-15-13-12-14-16-18-20-24-32-40-48-62(4)5/h62-68,73H,9-61H2,1-8H3,(H,78,79)(H,80,81)/t63?,64?,65?,66-,67-,68-/m1/s1. The van der Waals surface area contributed by atoms with Gasteiger partial charge in [0.25, 0.3) is 0 Å². The van der Waals surface area contributed by atoms with Gasteiger partial charge in [0, 0.05) is 25.7 Å². The van der Waals surface area contributed by atoms with Crippen LogP contribution < -0.4 is 0 Å². The van der Waals surface area contributed by atoms with Crippen LogP contribution in [0.2, 0.25) is 0 Å². The van der Waals surface area contributed by atoms with Crippen LogP contribution in [0, 0.1) is 23.7 Å². The molecule has 3 N–H and O–H groups in total. The molecule has 17 nitrogen and oxygen atoms in total. The number of aliphatic hydroxyl groups is 1. The fourth-order valence-electron chi connectivity index (χ4n) is 10.7. The molecule has 0 aromatic rings. The number of hydrogen-bond acceptors (Lipinski definition) is 15. The van der Waals surface area contributed by atoms with Crippen molar-refractivity contribution in [3.05, 3.63) is 0 Å². The van der Waals surface area contributed by atoms with Gasteiger partial charge in [-0.05, 0) is 49.4 Å². The van der Waals surface area contributed by atoms with Gasteiger partial charge in [-0.15, -0.1) is 0 Å². The molecule has 0 spiro atoms. The van der Waals surface area contributed by atoms with E-state index in [1.807, 2.05) is 0 Å². The molecule has 0 saturated heterocycles. The number of carbonyl (C=O) groups excluding carboxylic acids is 4. The zero-order valence-electron chi connectivity index (χ0n) is 59.5. The largest absolute Gasteiger partial charge is 0.472 e. The normalized spacial score (nSPS) is 15.1. The predicted molar refractivity (Wildman–Crippen MR) is 367 cm³/mol. The lowest BCUT2D eigenvalue weighted by atomic mass is 9.99. The van der Waals surface area contributed by atoms with Crippen LogP contribution in [0.15, 0.2) is 0 Å². The maximum Gasteiger partial charge on any atom is 0.472 e. The molecular weight excluding hydrogens is 1200 g/mol. The first kappa shape index (κ1) is 89.1. The van der Waals surface area contributed by atoms with Crippen LogP contribution in [0.4, 0.5) is 0 Å². The Kier molecular flexibility index (Phi) is 60.3. The highest BCUT2D eigenvalue weighted by Crippen LogP contribution is 2.45. The summed E-state index contributed by atoms with van der Waals surface area (Å²) in [6.45, 7) is 14.1. The second kappa shape index (κ2) is 61.6. The molecule has 19 heteroatoms. The Labute approximate surface area is 556 Å². The molecule has 0 aliphatic heterocycles. The van der Waals surface area contributed by atoms with Crippen molar-refractivity contribution in [1.29, 1.82) is 0 Å². The van der Waals surface area contributed by atoms with Crippen LogP contribution in [0.3, 0.4) is 0 Å². The molecular formula is C72H140O17P2. The minimum atomic E-state index is -4.95. The van der Waals surface area contributed by atoms with Gasteiger partial charge in [0.05, 0.1) is 26.4 Å². The average Bonchev–Trinajstić information content (AvgIpc) is 3.19. The number of phosphoric acid groups is 2. The van der Waals surface area contributed by atoms with Gasteiger partial charge in [0.15, 0.2) is 12.2 Å². The summed E-state index contributed by atoms with van der Waals surface area (Å²) in [5.74, 6) is 0.910. The van der Waals surface area contributed by atoms with Crippen LogP contribution in [0.5, 0.6) is 0 Å². The van der Waals surface area contributed by atoms with Crippen molar-refractivity contribution in [2.75, 3.05) is 39.6 Å². The zero-order chi connectivity index (χ0) is 67.5.